The number of nitrogens with one attached hydrogen (secondary N) is 2. The minimum Gasteiger partial charge on any atom is -0.477 e. The topological polar surface area (TPSA) is 102 Å². The predicted octanol–water partition coefficient (Wildman–Crippen LogP) is 5.30. The number of anilines is 2. The quantitative estimate of drug-likeness (QED) is 0.336. The van der Waals surface area contributed by atoms with Crippen molar-refractivity contribution < 1.29 is 27.4 Å². The molecule has 0 atom stereocenters. The van der Waals surface area contributed by atoms with Crippen molar-refractivity contribution in [3.05, 3.63) is 35.9 Å². The van der Waals surface area contributed by atoms with Crippen LogP contribution in [0, 0.1) is 0 Å². The summed E-state index contributed by atoms with van der Waals surface area (Å²) in [5.41, 5.74) is 0.402. The lowest BCUT2D eigenvalue weighted by Gasteiger charge is -2.27. The summed E-state index contributed by atoms with van der Waals surface area (Å²) in [6, 6.07) is 7.38. The number of nitrogens with zero attached hydrogens (tertiary/aromatic N) is 4. The smallest absolute Gasteiger partial charge is 0.417 e. The predicted molar refractivity (Wildman–Crippen MR) is 140 cm³/mol. The van der Waals surface area contributed by atoms with Gasteiger partial charge in [-0.15, -0.1) is 11.3 Å². The number of carbonyl (C=O) groups is 1. The van der Waals surface area contributed by atoms with Crippen LogP contribution >= 0.6 is 11.3 Å². The fourth-order valence-electron chi connectivity index (χ4n) is 4.22. The van der Waals surface area contributed by atoms with Crippen molar-refractivity contribution in [2.24, 2.45) is 0 Å². The summed E-state index contributed by atoms with van der Waals surface area (Å²) in [7, 11) is 0. The van der Waals surface area contributed by atoms with Gasteiger partial charge in [-0.3, -0.25) is 5.32 Å². The molecule has 0 radical (unpaired) electrons. The van der Waals surface area contributed by atoms with Crippen LogP contribution in [0.3, 0.4) is 0 Å². The molecule has 200 valence electrons. The largest absolute Gasteiger partial charge is 0.477 e. The van der Waals surface area contributed by atoms with Gasteiger partial charge in [0.05, 0.1) is 29.9 Å². The molecule has 4 aromatic rings. The Balaban J connectivity index is 1.64. The Morgan fingerprint density at radius 1 is 1.11 bits per heavy atom. The first kappa shape index (κ1) is 25.9. The van der Waals surface area contributed by atoms with E-state index < -0.39 is 17.8 Å². The maximum atomic E-state index is 14.4. The number of carbonyl (C=O) groups excluding carboxylic acids is 1. The molecule has 0 aliphatic carbocycles. The van der Waals surface area contributed by atoms with Gasteiger partial charge in [-0.2, -0.15) is 18.2 Å². The van der Waals surface area contributed by atoms with E-state index in [0.29, 0.717) is 41.6 Å². The second-order valence-corrected chi connectivity index (χ2v) is 9.43. The number of aromatic nitrogens is 3. The van der Waals surface area contributed by atoms with Gasteiger partial charge in [-0.1, -0.05) is 12.1 Å². The highest BCUT2D eigenvalue weighted by atomic mass is 32.1. The number of rotatable bonds is 6. The number of fused-ring (bicyclic) bond motifs is 3. The molecular weight excluding hydrogens is 521 g/mol. The number of amides is 1. The number of pyridine rings is 1. The molecule has 1 aliphatic rings. The number of alkyl halides is 3. The number of halogens is 3. The average molecular weight is 547 g/mol. The van der Waals surface area contributed by atoms with Crippen LogP contribution in [0.5, 0.6) is 5.88 Å². The van der Waals surface area contributed by atoms with Crippen LogP contribution < -0.4 is 20.3 Å². The summed E-state index contributed by atoms with van der Waals surface area (Å²) in [6.45, 7) is 6.72. The molecule has 9 nitrogen and oxygen atoms in total. The van der Waals surface area contributed by atoms with Crippen LogP contribution in [0.15, 0.2) is 30.3 Å². The Hall–Kier alpha value is -3.71. The highest BCUT2D eigenvalue weighted by Gasteiger charge is 2.36. The third-order valence-corrected chi connectivity index (χ3v) is 6.99. The number of hydrogen-bond donors (Lipinski definition) is 2. The third kappa shape index (κ3) is 5.16. The molecule has 13 heteroatoms. The third-order valence-electron chi connectivity index (χ3n) is 5.93. The zero-order valence-electron chi connectivity index (χ0n) is 20.7. The number of benzene rings is 1. The first-order valence-electron chi connectivity index (χ1n) is 12.1. The van der Waals surface area contributed by atoms with Gasteiger partial charge in [0.1, 0.15) is 15.0 Å². The molecule has 0 spiro atoms. The van der Waals surface area contributed by atoms with Gasteiger partial charge in [0.15, 0.2) is 0 Å². The summed E-state index contributed by atoms with van der Waals surface area (Å²) in [4.78, 5) is 27.5. The molecule has 1 aliphatic heterocycles. The molecule has 1 amide bonds. The monoisotopic (exact) mass is 546 g/mol. The van der Waals surface area contributed by atoms with Crippen LogP contribution in [0.1, 0.15) is 19.4 Å². The zero-order valence-corrected chi connectivity index (χ0v) is 21.5. The highest BCUT2D eigenvalue weighted by molar-refractivity contribution is 7.25. The van der Waals surface area contributed by atoms with Gasteiger partial charge in [0.2, 0.25) is 11.8 Å². The second-order valence-electron chi connectivity index (χ2n) is 8.43. The lowest BCUT2D eigenvalue weighted by Crippen LogP contribution is -2.44. The van der Waals surface area contributed by atoms with Crippen molar-refractivity contribution in [2.75, 3.05) is 49.6 Å². The lowest BCUT2D eigenvalue weighted by molar-refractivity contribution is -0.136. The van der Waals surface area contributed by atoms with Gasteiger partial charge in [-0.25, -0.2) is 14.8 Å². The van der Waals surface area contributed by atoms with E-state index in [2.05, 4.69) is 25.6 Å². The summed E-state index contributed by atoms with van der Waals surface area (Å²) < 4.78 is 54.3. The first-order chi connectivity index (χ1) is 18.3. The molecule has 1 fully saturated rings. The van der Waals surface area contributed by atoms with Gasteiger partial charge >= 0.3 is 12.3 Å². The van der Waals surface area contributed by atoms with Crippen LogP contribution in [-0.4, -0.2) is 60.4 Å². The van der Waals surface area contributed by atoms with Crippen molar-refractivity contribution >= 4 is 49.5 Å². The van der Waals surface area contributed by atoms with Crippen LogP contribution in [0.4, 0.5) is 29.6 Å². The van der Waals surface area contributed by atoms with E-state index in [0.717, 1.165) is 30.5 Å². The molecule has 38 heavy (non-hydrogen) atoms. The van der Waals surface area contributed by atoms with Gasteiger partial charge in [0.25, 0.3) is 0 Å². The van der Waals surface area contributed by atoms with Gasteiger partial charge in [0, 0.05) is 37.4 Å². The van der Waals surface area contributed by atoms with Crippen LogP contribution in [-0.2, 0) is 10.9 Å². The van der Waals surface area contributed by atoms with E-state index in [1.807, 2.05) is 4.90 Å². The Morgan fingerprint density at radius 2 is 1.84 bits per heavy atom. The Kier molecular flexibility index (Phi) is 7.21. The van der Waals surface area contributed by atoms with Crippen LogP contribution in [0.25, 0.3) is 31.7 Å². The normalized spacial score (nSPS) is 14.2. The van der Waals surface area contributed by atoms with Crippen LogP contribution in [0.2, 0.25) is 0 Å². The minimum atomic E-state index is -4.65. The van der Waals surface area contributed by atoms with Crippen molar-refractivity contribution in [1.29, 1.82) is 0 Å². The zero-order chi connectivity index (χ0) is 26.9. The number of thiophene rings is 1. The number of hydrogen-bond acceptors (Lipinski definition) is 9. The number of piperazine rings is 1. The summed E-state index contributed by atoms with van der Waals surface area (Å²) in [6.07, 6.45) is -5.27. The fourth-order valence-corrected chi connectivity index (χ4v) is 5.31. The van der Waals surface area contributed by atoms with E-state index in [4.69, 9.17) is 9.47 Å². The molecular formula is C25H25F3N6O3S. The standard InChI is InChI=1S/C25H25F3N6O3S/c1-3-36-21-20-19(32-23(33-21)34-11-9-29-10-12-34)18-16(25(26,27)28)13-17(31-22(18)38-20)14-5-7-15(8-6-14)30-24(35)37-4-2/h5-8,13,29H,3-4,9-12H2,1-2H3,(H,30,35). The molecule has 4 heterocycles. The lowest BCUT2D eigenvalue weighted by atomic mass is 10.1. The fraction of sp³-hybridized carbons (Fsp3) is 0.360. The Bertz CT molecular complexity index is 1470. The maximum Gasteiger partial charge on any atom is 0.417 e. The molecule has 3 aromatic heterocycles. The molecule has 1 aromatic carbocycles. The molecule has 0 saturated carbocycles. The maximum absolute atomic E-state index is 14.4. The van der Waals surface area contributed by atoms with Crippen molar-refractivity contribution in [2.45, 2.75) is 20.0 Å². The summed E-state index contributed by atoms with van der Waals surface area (Å²) in [5.74, 6) is 0.585. The highest BCUT2D eigenvalue weighted by Crippen LogP contribution is 2.45. The first-order valence-corrected chi connectivity index (χ1v) is 12.9. The average Bonchev–Trinajstić information content (AvgIpc) is 3.27. The number of ether oxygens (including phenoxy) is 2. The van der Waals surface area contributed by atoms with Crippen molar-refractivity contribution in [1.82, 2.24) is 20.3 Å². The summed E-state index contributed by atoms with van der Waals surface area (Å²) >= 11 is 1.07. The van der Waals surface area contributed by atoms with E-state index in [9.17, 15) is 18.0 Å². The van der Waals surface area contributed by atoms with E-state index in [1.165, 1.54) is 0 Å². The Morgan fingerprint density at radius 3 is 2.50 bits per heavy atom. The Labute approximate surface area is 220 Å². The molecule has 1 saturated heterocycles. The van der Waals surface area contributed by atoms with Gasteiger partial charge < -0.3 is 19.7 Å². The molecule has 5 rings (SSSR count). The van der Waals surface area contributed by atoms with E-state index >= 15 is 0 Å². The molecule has 0 bridgehead atoms. The molecule has 2 N–H and O–H groups in total. The van der Waals surface area contributed by atoms with Crippen molar-refractivity contribution in [3.8, 4) is 17.1 Å². The second kappa shape index (κ2) is 10.6. The van der Waals surface area contributed by atoms with E-state index in [1.54, 1.807) is 38.1 Å². The van der Waals surface area contributed by atoms with E-state index in [-0.39, 0.29) is 33.9 Å². The van der Waals surface area contributed by atoms with Gasteiger partial charge in [-0.05, 0) is 32.0 Å². The summed E-state index contributed by atoms with van der Waals surface area (Å²) in [5, 5.41) is 5.73. The SMILES string of the molecule is CCOC(=O)Nc1ccc(-c2cc(C(F)(F)F)c3c(n2)sc2c(OCC)nc(N4CCNCC4)nc23)cc1. The minimum absolute atomic E-state index is 0.0680. The molecule has 0 unspecified atom stereocenters. The van der Waals surface area contributed by atoms with Crippen molar-refractivity contribution in [3.63, 3.8) is 0 Å².